The average molecular weight is 291 g/mol. The van der Waals surface area contributed by atoms with E-state index < -0.39 is 10.0 Å². The number of rotatable bonds is 5. The number of carbonyl (C=O) groups excluding carboxylic acids is 1. The molecule has 0 aromatic rings. The number of hydrogen-bond donors (Lipinski definition) is 1. The first-order chi connectivity index (χ1) is 8.71. The summed E-state index contributed by atoms with van der Waals surface area (Å²) in [7, 11) is 0.361. The molecule has 1 N–H and O–H groups in total. The van der Waals surface area contributed by atoms with Gasteiger partial charge in [0.1, 0.15) is 0 Å². The molecule has 0 aromatic carbocycles. The van der Waals surface area contributed by atoms with Crippen molar-refractivity contribution in [1.82, 2.24) is 14.5 Å². The van der Waals surface area contributed by atoms with E-state index in [4.69, 9.17) is 0 Å². The van der Waals surface area contributed by atoms with Crippen LogP contribution in [0.4, 0.5) is 0 Å². The molecule has 2 atom stereocenters. The number of carbonyl (C=O) groups is 1. The predicted octanol–water partition coefficient (Wildman–Crippen LogP) is -0.276. The van der Waals surface area contributed by atoms with E-state index in [0.29, 0.717) is 19.6 Å². The van der Waals surface area contributed by atoms with Crippen molar-refractivity contribution in [3.63, 3.8) is 0 Å². The van der Waals surface area contributed by atoms with E-state index in [1.807, 2.05) is 6.92 Å². The van der Waals surface area contributed by atoms with Crippen LogP contribution in [-0.2, 0) is 14.8 Å². The maximum atomic E-state index is 11.7. The number of hydrogen-bond acceptors (Lipinski definition) is 4. The van der Waals surface area contributed by atoms with Crippen LogP contribution in [0.3, 0.4) is 0 Å². The smallest absolute Gasteiger partial charge is 0.238 e. The molecule has 0 radical (unpaired) electrons. The second-order valence-electron chi connectivity index (χ2n) is 5.49. The van der Waals surface area contributed by atoms with Crippen molar-refractivity contribution in [1.29, 1.82) is 0 Å². The van der Waals surface area contributed by atoms with Gasteiger partial charge in [-0.2, -0.15) is 0 Å². The molecular weight excluding hydrogens is 266 g/mol. The van der Waals surface area contributed by atoms with Gasteiger partial charge in [-0.3, -0.25) is 4.79 Å². The van der Waals surface area contributed by atoms with Crippen LogP contribution in [0.2, 0.25) is 0 Å². The fourth-order valence-electron chi connectivity index (χ4n) is 2.31. The summed E-state index contributed by atoms with van der Waals surface area (Å²) >= 11 is 0. The maximum Gasteiger partial charge on any atom is 0.238 e. The van der Waals surface area contributed by atoms with Gasteiger partial charge < -0.3 is 10.2 Å². The number of likely N-dealkylation sites (N-methyl/N-ethyl adjacent to an activating group) is 1. The highest BCUT2D eigenvalue weighted by atomic mass is 32.2. The molecule has 1 aliphatic rings. The molecule has 1 fully saturated rings. The van der Waals surface area contributed by atoms with Crippen LogP contribution >= 0.6 is 0 Å². The number of nitrogens with one attached hydrogen (secondary N) is 1. The summed E-state index contributed by atoms with van der Waals surface area (Å²) < 4.78 is 24.6. The zero-order chi connectivity index (χ0) is 14.6. The van der Waals surface area contributed by atoms with Crippen LogP contribution in [0.1, 0.15) is 19.8 Å². The van der Waals surface area contributed by atoms with E-state index in [2.05, 4.69) is 5.32 Å². The Labute approximate surface area is 116 Å². The maximum absolute atomic E-state index is 11.7. The molecular formula is C12H25N3O3S. The lowest BCUT2D eigenvalue weighted by Crippen LogP contribution is -2.47. The molecule has 0 aliphatic carbocycles. The van der Waals surface area contributed by atoms with Crippen molar-refractivity contribution < 1.29 is 13.2 Å². The zero-order valence-electron chi connectivity index (χ0n) is 12.2. The summed E-state index contributed by atoms with van der Waals surface area (Å²) in [6.45, 7) is 3.67. The molecule has 0 aromatic heterocycles. The van der Waals surface area contributed by atoms with E-state index in [1.54, 1.807) is 19.0 Å². The lowest BCUT2D eigenvalue weighted by atomic mass is 9.99. The van der Waals surface area contributed by atoms with Crippen LogP contribution in [0.25, 0.3) is 0 Å². The van der Waals surface area contributed by atoms with Gasteiger partial charge in [0.05, 0.1) is 12.3 Å². The Morgan fingerprint density at radius 3 is 2.63 bits per heavy atom. The van der Waals surface area contributed by atoms with Gasteiger partial charge in [0.15, 0.2) is 0 Å². The molecule has 19 heavy (non-hydrogen) atoms. The number of sulfonamides is 1. The van der Waals surface area contributed by atoms with E-state index in [1.165, 1.54) is 10.6 Å². The Balaban J connectivity index is 2.44. The van der Waals surface area contributed by atoms with Crippen LogP contribution in [-0.4, -0.2) is 69.6 Å². The third-order valence-electron chi connectivity index (χ3n) is 3.47. The fourth-order valence-corrected chi connectivity index (χ4v) is 3.26. The Hall–Kier alpha value is -0.660. The van der Waals surface area contributed by atoms with Gasteiger partial charge in [-0.15, -0.1) is 0 Å². The van der Waals surface area contributed by atoms with Gasteiger partial charge in [-0.05, 0) is 32.2 Å². The minimum atomic E-state index is -3.10. The van der Waals surface area contributed by atoms with Gasteiger partial charge in [0.2, 0.25) is 15.9 Å². The van der Waals surface area contributed by atoms with Gasteiger partial charge in [-0.25, -0.2) is 12.7 Å². The van der Waals surface area contributed by atoms with Gasteiger partial charge in [0.25, 0.3) is 0 Å². The monoisotopic (exact) mass is 291 g/mol. The number of piperidine rings is 1. The van der Waals surface area contributed by atoms with Crippen LogP contribution in [0.15, 0.2) is 0 Å². The molecule has 2 unspecified atom stereocenters. The third kappa shape index (κ3) is 5.08. The molecule has 6 nitrogen and oxygen atoms in total. The standard InChI is InChI=1S/C12H25N3O3S/c1-10(12(16)14(2)3)13-8-11-6-5-7-15(9-11)19(4,17)18/h10-11,13H,5-9H2,1-4H3. The van der Waals surface area contributed by atoms with Crippen molar-refractivity contribution in [2.45, 2.75) is 25.8 Å². The molecule has 1 amide bonds. The lowest BCUT2D eigenvalue weighted by molar-refractivity contribution is -0.130. The summed E-state index contributed by atoms with van der Waals surface area (Å²) in [4.78, 5) is 13.3. The van der Waals surface area contributed by atoms with E-state index >= 15 is 0 Å². The molecule has 0 bridgehead atoms. The van der Waals surface area contributed by atoms with Crippen LogP contribution in [0, 0.1) is 5.92 Å². The highest BCUT2D eigenvalue weighted by molar-refractivity contribution is 7.88. The highest BCUT2D eigenvalue weighted by Gasteiger charge is 2.26. The minimum Gasteiger partial charge on any atom is -0.347 e. The van der Waals surface area contributed by atoms with E-state index in [9.17, 15) is 13.2 Å². The van der Waals surface area contributed by atoms with Gasteiger partial charge >= 0.3 is 0 Å². The Bertz CT molecular complexity index is 408. The second-order valence-corrected chi connectivity index (χ2v) is 7.47. The van der Waals surface area contributed by atoms with Crippen LogP contribution < -0.4 is 5.32 Å². The van der Waals surface area contributed by atoms with Crippen molar-refractivity contribution in [3.05, 3.63) is 0 Å². The zero-order valence-corrected chi connectivity index (χ0v) is 13.0. The molecule has 0 spiro atoms. The van der Waals surface area contributed by atoms with Crippen molar-refractivity contribution in [2.75, 3.05) is 40.0 Å². The first-order valence-electron chi connectivity index (χ1n) is 6.61. The molecule has 1 aliphatic heterocycles. The van der Waals surface area contributed by atoms with Crippen LogP contribution in [0.5, 0.6) is 0 Å². The molecule has 1 rings (SSSR count). The van der Waals surface area contributed by atoms with Crippen molar-refractivity contribution >= 4 is 15.9 Å². The fraction of sp³-hybridized carbons (Fsp3) is 0.917. The third-order valence-corrected chi connectivity index (χ3v) is 4.74. The van der Waals surface area contributed by atoms with Crippen molar-refractivity contribution in [3.8, 4) is 0 Å². The Kier molecular flexibility index (Phi) is 5.76. The van der Waals surface area contributed by atoms with Gasteiger partial charge in [0, 0.05) is 27.2 Å². The topological polar surface area (TPSA) is 69.7 Å². The first kappa shape index (κ1) is 16.4. The summed E-state index contributed by atoms with van der Waals surface area (Å²) in [5.41, 5.74) is 0. The SMILES string of the molecule is CC(NCC1CCCN(S(C)(=O)=O)C1)C(=O)N(C)C. The molecule has 112 valence electrons. The van der Waals surface area contributed by atoms with Gasteiger partial charge in [-0.1, -0.05) is 0 Å². The largest absolute Gasteiger partial charge is 0.347 e. The lowest BCUT2D eigenvalue weighted by Gasteiger charge is -2.31. The number of amides is 1. The summed E-state index contributed by atoms with van der Waals surface area (Å²) in [6, 6.07) is -0.233. The Morgan fingerprint density at radius 1 is 1.47 bits per heavy atom. The minimum absolute atomic E-state index is 0.0378. The molecule has 7 heteroatoms. The molecule has 1 saturated heterocycles. The summed E-state index contributed by atoms with van der Waals surface area (Å²) in [5, 5.41) is 3.19. The summed E-state index contributed by atoms with van der Waals surface area (Å²) in [6.07, 6.45) is 3.14. The second kappa shape index (κ2) is 6.67. The number of nitrogens with zero attached hydrogens (tertiary/aromatic N) is 2. The molecule has 1 heterocycles. The highest BCUT2D eigenvalue weighted by Crippen LogP contribution is 2.18. The quantitative estimate of drug-likeness (QED) is 0.757. The van der Waals surface area contributed by atoms with E-state index in [0.717, 1.165) is 12.8 Å². The normalized spacial score (nSPS) is 23.1. The molecule has 0 saturated carbocycles. The van der Waals surface area contributed by atoms with E-state index in [-0.39, 0.29) is 17.9 Å². The average Bonchev–Trinajstić information content (AvgIpc) is 2.34. The first-order valence-corrected chi connectivity index (χ1v) is 8.46. The predicted molar refractivity (Wildman–Crippen MR) is 75.3 cm³/mol. The van der Waals surface area contributed by atoms with Crippen molar-refractivity contribution in [2.24, 2.45) is 5.92 Å². The Morgan fingerprint density at radius 2 is 2.11 bits per heavy atom. The summed E-state index contributed by atoms with van der Waals surface area (Å²) in [5.74, 6) is 0.316.